The molecule has 0 atom stereocenters. The Kier molecular flexibility index (Phi) is 3.92. The van der Waals surface area contributed by atoms with Crippen molar-refractivity contribution in [2.45, 2.75) is 6.42 Å². The first kappa shape index (κ1) is 12.8. The van der Waals surface area contributed by atoms with Crippen molar-refractivity contribution in [3.63, 3.8) is 0 Å². The van der Waals surface area contributed by atoms with E-state index >= 15 is 0 Å². The lowest BCUT2D eigenvalue weighted by atomic mass is 10.2. The molecule has 1 aromatic carbocycles. The lowest BCUT2D eigenvalue weighted by molar-refractivity contribution is 0.913. The number of benzene rings is 1. The third-order valence-electron chi connectivity index (χ3n) is 2.62. The van der Waals surface area contributed by atoms with Crippen molar-refractivity contribution in [1.82, 2.24) is 9.97 Å². The maximum atomic E-state index is 11.8. The van der Waals surface area contributed by atoms with Crippen molar-refractivity contribution in [1.29, 1.82) is 5.41 Å². The molecular weight excluding hydrogens is 242 g/mol. The van der Waals surface area contributed by atoms with E-state index in [1.165, 1.54) is 12.4 Å². The van der Waals surface area contributed by atoms with Gasteiger partial charge in [-0.15, -0.1) is 0 Å². The number of rotatable bonds is 5. The molecule has 2 aromatic rings. The Morgan fingerprint density at radius 3 is 2.74 bits per heavy atom. The molecule has 0 aliphatic rings. The van der Waals surface area contributed by atoms with Gasteiger partial charge in [0, 0.05) is 31.0 Å². The molecule has 2 rings (SSSR count). The maximum absolute atomic E-state index is 11.8. The Bertz CT molecular complexity index is 608. The second-order valence-corrected chi connectivity index (χ2v) is 4.00. The van der Waals surface area contributed by atoms with Crippen LogP contribution in [0.3, 0.4) is 0 Å². The highest BCUT2D eigenvalue weighted by molar-refractivity contribution is 5.78. The number of nitrogens with two attached hydrogens (primary N) is 1. The molecule has 0 amide bonds. The number of para-hydroxylation sites is 1. The lowest BCUT2D eigenvalue weighted by Gasteiger charge is -2.22. The van der Waals surface area contributed by atoms with Gasteiger partial charge in [0.25, 0.3) is 5.56 Å². The average molecular weight is 257 g/mol. The monoisotopic (exact) mass is 257 g/mol. The molecule has 1 aromatic heterocycles. The third kappa shape index (κ3) is 3.19. The molecule has 19 heavy (non-hydrogen) atoms. The first-order valence-corrected chi connectivity index (χ1v) is 5.87. The zero-order valence-corrected chi connectivity index (χ0v) is 10.3. The quantitative estimate of drug-likeness (QED) is 0.554. The van der Waals surface area contributed by atoms with Crippen LogP contribution in [0.4, 0.5) is 11.5 Å². The van der Waals surface area contributed by atoms with Gasteiger partial charge in [0.05, 0.1) is 5.84 Å². The number of amidine groups is 1. The van der Waals surface area contributed by atoms with E-state index < -0.39 is 0 Å². The highest BCUT2D eigenvalue weighted by Gasteiger charge is 2.13. The molecule has 6 nitrogen and oxygen atoms in total. The minimum atomic E-state index is -0.269. The van der Waals surface area contributed by atoms with Gasteiger partial charge in [0.2, 0.25) is 0 Å². The summed E-state index contributed by atoms with van der Waals surface area (Å²) in [5, 5.41) is 7.31. The molecule has 6 heteroatoms. The van der Waals surface area contributed by atoms with Crippen LogP contribution in [0.1, 0.15) is 6.42 Å². The summed E-state index contributed by atoms with van der Waals surface area (Å²) in [7, 11) is 0. The summed E-state index contributed by atoms with van der Waals surface area (Å²) in [5.74, 6) is 0.378. The molecule has 98 valence electrons. The van der Waals surface area contributed by atoms with E-state index in [9.17, 15) is 4.79 Å². The Balaban J connectivity index is 2.37. The van der Waals surface area contributed by atoms with Gasteiger partial charge in [-0.25, -0.2) is 4.98 Å². The second kappa shape index (κ2) is 5.81. The number of H-pyrrole nitrogens is 1. The maximum Gasteiger partial charge on any atom is 0.291 e. The molecule has 0 unspecified atom stereocenters. The van der Waals surface area contributed by atoms with Crippen LogP contribution in [0.15, 0.2) is 47.5 Å². The number of anilines is 2. The van der Waals surface area contributed by atoms with Gasteiger partial charge in [0.1, 0.15) is 0 Å². The summed E-state index contributed by atoms with van der Waals surface area (Å²) in [5.41, 5.74) is 5.96. The van der Waals surface area contributed by atoms with Gasteiger partial charge >= 0.3 is 0 Å². The van der Waals surface area contributed by atoms with Crippen LogP contribution in [0, 0.1) is 5.41 Å². The predicted molar refractivity (Wildman–Crippen MR) is 74.8 cm³/mol. The normalized spacial score (nSPS) is 10.1. The fourth-order valence-corrected chi connectivity index (χ4v) is 1.73. The summed E-state index contributed by atoms with van der Waals surface area (Å²) >= 11 is 0. The van der Waals surface area contributed by atoms with Crippen LogP contribution in [0.2, 0.25) is 0 Å². The summed E-state index contributed by atoms with van der Waals surface area (Å²) < 4.78 is 0. The number of hydrogen-bond acceptors (Lipinski definition) is 4. The second-order valence-electron chi connectivity index (χ2n) is 4.00. The smallest absolute Gasteiger partial charge is 0.291 e. The lowest BCUT2D eigenvalue weighted by Crippen LogP contribution is -2.29. The van der Waals surface area contributed by atoms with E-state index in [-0.39, 0.29) is 11.4 Å². The SMILES string of the molecule is N=C(N)CCN(c1ccccc1)c1ncc[nH]c1=O. The van der Waals surface area contributed by atoms with E-state index in [4.69, 9.17) is 11.1 Å². The fraction of sp³-hybridized carbons (Fsp3) is 0.154. The van der Waals surface area contributed by atoms with E-state index in [1.807, 2.05) is 30.3 Å². The van der Waals surface area contributed by atoms with Crippen LogP contribution < -0.4 is 16.2 Å². The van der Waals surface area contributed by atoms with Gasteiger partial charge in [-0.2, -0.15) is 0 Å². The van der Waals surface area contributed by atoms with Crippen molar-refractivity contribution >= 4 is 17.3 Å². The summed E-state index contributed by atoms with van der Waals surface area (Å²) in [6.07, 6.45) is 3.38. The van der Waals surface area contributed by atoms with Gasteiger partial charge in [-0.05, 0) is 12.1 Å². The Labute approximate surface area is 110 Å². The molecule has 0 spiro atoms. The van der Waals surface area contributed by atoms with E-state index in [0.29, 0.717) is 18.8 Å². The highest BCUT2D eigenvalue weighted by Crippen LogP contribution is 2.20. The molecule has 0 aliphatic heterocycles. The molecule has 0 fully saturated rings. The summed E-state index contributed by atoms with van der Waals surface area (Å²) in [6.45, 7) is 0.430. The molecule has 0 saturated carbocycles. The standard InChI is InChI=1S/C13H15N5O/c14-11(15)6-9-18(10-4-2-1-3-5-10)12-13(19)17-8-7-16-12/h1-5,7-8H,6,9H2,(H3,14,15)(H,17,19). The van der Waals surface area contributed by atoms with E-state index in [0.717, 1.165) is 5.69 Å². The Morgan fingerprint density at radius 1 is 1.37 bits per heavy atom. The third-order valence-corrected chi connectivity index (χ3v) is 2.62. The summed E-state index contributed by atoms with van der Waals surface area (Å²) in [4.78, 5) is 20.3. The molecule has 0 aliphatic carbocycles. The molecule has 0 radical (unpaired) electrons. The highest BCUT2D eigenvalue weighted by atomic mass is 16.1. The molecular formula is C13H15N5O. The molecule has 0 bridgehead atoms. The number of aromatic nitrogens is 2. The van der Waals surface area contributed by atoms with Crippen LogP contribution in [0.5, 0.6) is 0 Å². The Hall–Kier alpha value is -2.63. The Morgan fingerprint density at radius 2 is 2.11 bits per heavy atom. The number of nitrogens with one attached hydrogen (secondary N) is 2. The first-order valence-electron chi connectivity index (χ1n) is 5.87. The number of hydrogen-bond donors (Lipinski definition) is 3. The van der Waals surface area contributed by atoms with Gasteiger partial charge in [-0.3, -0.25) is 10.2 Å². The van der Waals surface area contributed by atoms with Gasteiger partial charge < -0.3 is 15.6 Å². The number of nitrogens with zero attached hydrogens (tertiary/aromatic N) is 2. The first-order chi connectivity index (χ1) is 9.18. The molecule has 0 saturated heterocycles. The van der Waals surface area contributed by atoms with Crippen LogP contribution in [-0.4, -0.2) is 22.3 Å². The van der Waals surface area contributed by atoms with Crippen molar-refractivity contribution in [2.75, 3.05) is 11.4 Å². The van der Waals surface area contributed by atoms with Crippen LogP contribution in [0.25, 0.3) is 0 Å². The van der Waals surface area contributed by atoms with Crippen LogP contribution in [-0.2, 0) is 0 Å². The largest absolute Gasteiger partial charge is 0.388 e. The van der Waals surface area contributed by atoms with Crippen molar-refractivity contribution in [3.8, 4) is 0 Å². The predicted octanol–water partition coefficient (Wildman–Crippen LogP) is 1.23. The average Bonchev–Trinajstić information content (AvgIpc) is 2.42. The minimum absolute atomic E-state index is 0.0771. The van der Waals surface area contributed by atoms with Crippen LogP contribution >= 0.6 is 0 Å². The zero-order chi connectivity index (χ0) is 13.7. The van der Waals surface area contributed by atoms with Crippen molar-refractivity contribution in [3.05, 3.63) is 53.1 Å². The van der Waals surface area contributed by atoms with Gasteiger partial charge in [0.15, 0.2) is 5.82 Å². The minimum Gasteiger partial charge on any atom is -0.388 e. The number of aromatic amines is 1. The van der Waals surface area contributed by atoms with Crippen molar-refractivity contribution in [2.24, 2.45) is 5.73 Å². The molecule has 1 heterocycles. The fourth-order valence-electron chi connectivity index (χ4n) is 1.73. The zero-order valence-electron chi connectivity index (χ0n) is 10.3. The van der Waals surface area contributed by atoms with Crippen molar-refractivity contribution < 1.29 is 0 Å². The van der Waals surface area contributed by atoms with E-state index in [1.54, 1.807) is 4.90 Å². The summed E-state index contributed by atoms with van der Waals surface area (Å²) in [6, 6.07) is 9.43. The van der Waals surface area contributed by atoms with E-state index in [2.05, 4.69) is 9.97 Å². The molecule has 4 N–H and O–H groups in total. The van der Waals surface area contributed by atoms with Gasteiger partial charge in [-0.1, -0.05) is 18.2 Å². The topological polar surface area (TPSA) is 98.9 Å².